The van der Waals surface area contributed by atoms with Crippen LogP contribution < -0.4 is 11.1 Å². The molecular formula is C8H11N3O4. The second-order valence-corrected chi connectivity index (χ2v) is 3.23. The van der Waals surface area contributed by atoms with E-state index in [9.17, 15) is 20.0 Å². The number of aliphatic hydroxyl groups is 1. The minimum Gasteiger partial charge on any atom is -0.380 e. The van der Waals surface area contributed by atoms with E-state index in [0.29, 0.717) is 0 Å². The van der Waals surface area contributed by atoms with E-state index in [1.54, 1.807) is 0 Å². The molecule has 0 aromatic rings. The second-order valence-electron chi connectivity index (χ2n) is 3.23. The van der Waals surface area contributed by atoms with Crippen molar-refractivity contribution in [3.63, 3.8) is 0 Å². The Labute approximate surface area is 85.4 Å². The highest BCUT2D eigenvalue weighted by Gasteiger charge is 2.45. The largest absolute Gasteiger partial charge is 0.380 e. The summed E-state index contributed by atoms with van der Waals surface area (Å²) in [6.45, 7) is 1.27. The topological polar surface area (TPSA) is 118 Å². The maximum absolute atomic E-state index is 10.7. The molecule has 0 aromatic carbocycles. The molecule has 0 spiro atoms. The highest BCUT2D eigenvalue weighted by Crippen LogP contribution is 2.18. The number of rotatable bonds is 2. The van der Waals surface area contributed by atoms with Gasteiger partial charge in [0.05, 0.1) is 0 Å². The molecule has 0 bridgehead atoms. The van der Waals surface area contributed by atoms with Crippen molar-refractivity contribution in [1.82, 2.24) is 5.32 Å². The van der Waals surface area contributed by atoms with Gasteiger partial charge < -0.3 is 10.4 Å². The summed E-state index contributed by atoms with van der Waals surface area (Å²) in [5.74, 6) is -0.368. The smallest absolute Gasteiger partial charge is 0.322 e. The molecule has 0 fully saturated rings. The van der Waals surface area contributed by atoms with Gasteiger partial charge in [-0.15, -0.1) is 0 Å². The number of hydrogen-bond acceptors (Lipinski definition) is 5. The average molecular weight is 213 g/mol. The monoisotopic (exact) mass is 213 g/mol. The van der Waals surface area contributed by atoms with Crippen LogP contribution in [-0.4, -0.2) is 27.7 Å². The van der Waals surface area contributed by atoms with Gasteiger partial charge in [-0.05, 0) is 12.2 Å². The lowest BCUT2D eigenvalue weighted by molar-refractivity contribution is -0.564. The Morgan fingerprint density at radius 1 is 1.80 bits per heavy atom. The Bertz CT molecular complexity index is 363. The number of nitrogens with one attached hydrogen (secondary N) is 1. The van der Waals surface area contributed by atoms with Gasteiger partial charge in [-0.25, -0.2) is 0 Å². The van der Waals surface area contributed by atoms with Gasteiger partial charge in [-0.3, -0.25) is 20.6 Å². The van der Waals surface area contributed by atoms with Crippen LogP contribution >= 0.6 is 0 Å². The van der Waals surface area contributed by atoms with Gasteiger partial charge >= 0.3 is 5.66 Å². The summed E-state index contributed by atoms with van der Waals surface area (Å²) in [5.41, 5.74) is 3.49. The van der Waals surface area contributed by atoms with Crippen LogP contribution in [0.25, 0.3) is 0 Å². The van der Waals surface area contributed by atoms with Crippen LogP contribution in [0, 0.1) is 10.1 Å². The third-order valence-corrected chi connectivity index (χ3v) is 1.96. The predicted octanol–water partition coefficient (Wildman–Crippen LogP) is -1.13. The summed E-state index contributed by atoms with van der Waals surface area (Å²) in [5, 5.41) is 22.3. The molecule has 4 N–H and O–H groups in total. The van der Waals surface area contributed by atoms with Gasteiger partial charge in [0.1, 0.15) is 0 Å². The normalized spacial score (nSPS) is 29.5. The van der Waals surface area contributed by atoms with E-state index in [-0.39, 0.29) is 11.6 Å². The molecule has 7 heteroatoms. The summed E-state index contributed by atoms with van der Waals surface area (Å²) < 4.78 is 0. The zero-order valence-corrected chi connectivity index (χ0v) is 8.01. The number of allylic oxidation sites excluding steroid dienone is 1. The molecule has 1 aliphatic carbocycles. The lowest BCUT2D eigenvalue weighted by Gasteiger charge is -2.24. The van der Waals surface area contributed by atoms with E-state index < -0.39 is 16.7 Å². The first-order valence-corrected chi connectivity index (χ1v) is 4.16. The van der Waals surface area contributed by atoms with Crippen LogP contribution in [0.1, 0.15) is 6.92 Å². The first-order valence-electron chi connectivity index (χ1n) is 4.16. The molecule has 1 amide bonds. The fraction of sp³-hybridized carbons (Fsp3) is 0.375. The Hall–Kier alpha value is -1.73. The number of carbonyl (C=O) groups excluding carboxylic acids is 1. The van der Waals surface area contributed by atoms with Crippen LogP contribution in [0.4, 0.5) is 0 Å². The van der Waals surface area contributed by atoms with Crippen LogP contribution in [0.3, 0.4) is 0 Å². The quantitative estimate of drug-likeness (QED) is 0.304. The minimum atomic E-state index is -2.09. The molecule has 0 aromatic heterocycles. The summed E-state index contributed by atoms with van der Waals surface area (Å²) in [6, 6.07) is 0. The molecule has 1 aliphatic rings. The van der Waals surface area contributed by atoms with Crippen molar-refractivity contribution >= 4 is 5.91 Å². The van der Waals surface area contributed by atoms with Crippen LogP contribution in [-0.2, 0) is 4.79 Å². The highest BCUT2D eigenvalue weighted by atomic mass is 16.6. The SMILES string of the molecule is CC(=O)NC1=CC(N)([N+](=O)[O-])C(O)C=C1. The number of amides is 1. The second kappa shape index (κ2) is 3.79. The number of hydrogen-bond donors (Lipinski definition) is 3. The lowest BCUT2D eigenvalue weighted by Crippen LogP contribution is -2.56. The van der Waals surface area contributed by atoms with Crippen molar-refractivity contribution < 1.29 is 14.8 Å². The Kier molecular flexibility index (Phi) is 2.87. The van der Waals surface area contributed by atoms with E-state index in [1.165, 1.54) is 13.0 Å². The van der Waals surface area contributed by atoms with Gasteiger partial charge in [0.15, 0.2) is 6.10 Å². The molecule has 15 heavy (non-hydrogen) atoms. The zero-order chi connectivity index (χ0) is 11.6. The number of aliphatic hydroxyl groups excluding tert-OH is 1. The van der Waals surface area contributed by atoms with Crippen molar-refractivity contribution in [2.45, 2.75) is 18.7 Å². The van der Waals surface area contributed by atoms with Crippen LogP contribution in [0.2, 0.25) is 0 Å². The average Bonchev–Trinajstić information content (AvgIpc) is 2.10. The molecule has 0 heterocycles. The van der Waals surface area contributed by atoms with Crippen LogP contribution in [0.15, 0.2) is 23.9 Å². The number of nitrogens with two attached hydrogens (primary N) is 1. The standard InChI is InChI=1S/C8H11N3O4/c1-5(12)10-6-2-3-7(13)8(9,4-6)11(14)15/h2-4,7,13H,9H2,1H3,(H,10,12). The van der Waals surface area contributed by atoms with Crippen molar-refractivity contribution in [3.05, 3.63) is 34.0 Å². The zero-order valence-electron chi connectivity index (χ0n) is 8.01. The van der Waals surface area contributed by atoms with Crippen molar-refractivity contribution in [2.75, 3.05) is 0 Å². The van der Waals surface area contributed by atoms with Crippen molar-refractivity contribution in [3.8, 4) is 0 Å². The summed E-state index contributed by atoms with van der Waals surface area (Å²) in [6.07, 6.45) is 2.12. The molecule has 2 unspecified atom stereocenters. The molecule has 82 valence electrons. The first kappa shape index (κ1) is 11.3. The number of carbonyl (C=O) groups is 1. The van der Waals surface area contributed by atoms with Gasteiger partial charge in [0.2, 0.25) is 5.91 Å². The molecule has 7 nitrogen and oxygen atoms in total. The van der Waals surface area contributed by atoms with Gasteiger partial charge in [-0.2, -0.15) is 0 Å². The summed E-state index contributed by atoms with van der Waals surface area (Å²) >= 11 is 0. The van der Waals surface area contributed by atoms with E-state index in [0.717, 1.165) is 12.2 Å². The lowest BCUT2D eigenvalue weighted by atomic mass is 9.98. The number of nitro groups is 1. The van der Waals surface area contributed by atoms with E-state index >= 15 is 0 Å². The molecule has 0 saturated heterocycles. The Morgan fingerprint density at radius 3 is 2.87 bits per heavy atom. The maximum atomic E-state index is 10.7. The first-order chi connectivity index (χ1) is 6.86. The highest BCUT2D eigenvalue weighted by molar-refractivity contribution is 5.75. The predicted molar refractivity (Wildman–Crippen MR) is 51.0 cm³/mol. The fourth-order valence-electron chi connectivity index (χ4n) is 1.17. The summed E-state index contributed by atoms with van der Waals surface area (Å²) in [4.78, 5) is 20.6. The van der Waals surface area contributed by atoms with E-state index in [4.69, 9.17) is 5.73 Å². The Balaban J connectivity index is 2.99. The maximum Gasteiger partial charge on any atom is 0.322 e. The summed E-state index contributed by atoms with van der Waals surface area (Å²) in [7, 11) is 0. The molecule has 0 radical (unpaired) electrons. The van der Waals surface area contributed by atoms with Crippen molar-refractivity contribution in [1.29, 1.82) is 0 Å². The molecule has 0 saturated carbocycles. The van der Waals surface area contributed by atoms with E-state index in [2.05, 4.69) is 5.32 Å². The van der Waals surface area contributed by atoms with E-state index in [1.807, 2.05) is 0 Å². The molecule has 2 atom stereocenters. The Morgan fingerprint density at radius 2 is 2.40 bits per heavy atom. The van der Waals surface area contributed by atoms with Gasteiger partial charge in [0.25, 0.3) is 0 Å². The van der Waals surface area contributed by atoms with Gasteiger partial charge in [0, 0.05) is 23.6 Å². The molecular weight excluding hydrogens is 202 g/mol. The third kappa shape index (κ3) is 2.20. The number of nitrogens with zero attached hydrogens (tertiary/aromatic N) is 1. The third-order valence-electron chi connectivity index (χ3n) is 1.96. The molecule has 0 aliphatic heterocycles. The molecule has 1 rings (SSSR count). The van der Waals surface area contributed by atoms with Crippen molar-refractivity contribution in [2.24, 2.45) is 5.73 Å². The minimum absolute atomic E-state index is 0.201. The fourth-order valence-corrected chi connectivity index (χ4v) is 1.17. The van der Waals surface area contributed by atoms with Gasteiger partial charge in [-0.1, -0.05) is 0 Å². The van der Waals surface area contributed by atoms with Crippen LogP contribution in [0.5, 0.6) is 0 Å².